The van der Waals surface area contributed by atoms with E-state index in [1.807, 2.05) is 6.07 Å². The molecule has 1 aliphatic rings. The summed E-state index contributed by atoms with van der Waals surface area (Å²) in [6.45, 7) is 2.77. The Hall–Kier alpha value is -0.890. The average molecular weight is 235 g/mol. The zero-order chi connectivity index (χ0) is 12.1. The Labute approximate surface area is 103 Å². The molecule has 0 amide bonds. The highest BCUT2D eigenvalue weighted by Gasteiger charge is 2.13. The first-order valence-electron chi connectivity index (χ1n) is 6.69. The molecule has 1 saturated heterocycles. The van der Waals surface area contributed by atoms with Crippen molar-refractivity contribution in [3.63, 3.8) is 0 Å². The van der Waals surface area contributed by atoms with Crippen LogP contribution in [-0.2, 0) is 12.8 Å². The van der Waals surface area contributed by atoms with Crippen LogP contribution in [0.5, 0.6) is 0 Å². The first kappa shape index (κ1) is 12.6. The molecule has 0 aliphatic carbocycles. The van der Waals surface area contributed by atoms with Gasteiger partial charge >= 0.3 is 0 Å². The van der Waals surface area contributed by atoms with E-state index in [9.17, 15) is 4.39 Å². The van der Waals surface area contributed by atoms with Gasteiger partial charge in [0.15, 0.2) is 0 Å². The largest absolute Gasteiger partial charge is 0.314 e. The molecule has 2 heteroatoms. The van der Waals surface area contributed by atoms with Gasteiger partial charge in [0.2, 0.25) is 0 Å². The number of piperidine rings is 1. The third-order valence-electron chi connectivity index (χ3n) is 3.40. The highest BCUT2D eigenvalue weighted by molar-refractivity contribution is 5.24. The number of nitrogens with one attached hydrogen (secondary N) is 1. The van der Waals surface area contributed by atoms with Crippen molar-refractivity contribution >= 4 is 0 Å². The Kier molecular flexibility index (Phi) is 4.55. The Morgan fingerprint density at radius 2 is 2.18 bits per heavy atom. The van der Waals surface area contributed by atoms with Crippen molar-refractivity contribution in [2.75, 3.05) is 6.54 Å². The molecule has 0 aromatic heterocycles. The van der Waals surface area contributed by atoms with Crippen molar-refractivity contribution in [1.82, 2.24) is 5.32 Å². The van der Waals surface area contributed by atoms with E-state index in [-0.39, 0.29) is 0 Å². The summed E-state index contributed by atoms with van der Waals surface area (Å²) in [5.74, 6) is 0. The van der Waals surface area contributed by atoms with E-state index in [0.717, 1.165) is 18.5 Å². The summed E-state index contributed by atoms with van der Waals surface area (Å²) in [6.07, 6.45) is 4.76. The lowest BCUT2D eigenvalue weighted by molar-refractivity contribution is 0.360. The fourth-order valence-electron chi connectivity index (χ4n) is 2.59. The lowest BCUT2D eigenvalue weighted by Gasteiger charge is -2.23. The van der Waals surface area contributed by atoms with E-state index < -0.39 is 6.17 Å². The summed E-state index contributed by atoms with van der Waals surface area (Å²) in [5.41, 5.74) is 2.45. The van der Waals surface area contributed by atoms with Gasteiger partial charge in [-0.3, -0.25) is 0 Å². The van der Waals surface area contributed by atoms with Gasteiger partial charge in [-0.25, -0.2) is 4.39 Å². The van der Waals surface area contributed by atoms with E-state index in [1.54, 1.807) is 6.92 Å². The molecule has 2 unspecified atom stereocenters. The molecule has 0 bridgehead atoms. The summed E-state index contributed by atoms with van der Waals surface area (Å²) in [7, 11) is 0. The molecule has 94 valence electrons. The van der Waals surface area contributed by atoms with Gasteiger partial charge in [0.25, 0.3) is 0 Å². The summed E-state index contributed by atoms with van der Waals surface area (Å²) in [4.78, 5) is 0. The average Bonchev–Trinajstić information content (AvgIpc) is 2.30. The van der Waals surface area contributed by atoms with Crippen molar-refractivity contribution in [2.45, 2.75) is 51.2 Å². The minimum atomic E-state index is -0.752. The van der Waals surface area contributed by atoms with Crippen LogP contribution in [-0.4, -0.2) is 18.8 Å². The number of benzene rings is 1. The maximum atomic E-state index is 13.0. The first-order chi connectivity index (χ1) is 8.24. The van der Waals surface area contributed by atoms with Crippen LogP contribution in [0.2, 0.25) is 0 Å². The molecule has 2 rings (SSSR count). The van der Waals surface area contributed by atoms with Crippen molar-refractivity contribution in [3.05, 3.63) is 35.4 Å². The van der Waals surface area contributed by atoms with Gasteiger partial charge in [0.05, 0.1) is 0 Å². The van der Waals surface area contributed by atoms with Gasteiger partial charge in [0.1, 0.15) is 6.17 Å². The molecule has 1 heterocycles. The molecule has 1 aliphatic heterocycles. The van der Waals surface area contributed by atoms with E-state index in [0.29, 0.717) is 12.5 Å². The molecule has 0 radical (unpaired) electrons. The lowest BCUT2D eigenvalue weighted by Crippen LogP contribution is -2.35. The number of hydrogen-bond donors (Lipinski definition) is 1. The fraction of sp³-hybridized carbons (Fsp3) is 0.600. The summed E-state index contributed by atoms with van der Waals surface area (Å²) < 4.78 is 13.0. The highest BCUT2D eigenvalue weighted by atomic mass is 19.1. The van der Waals surface area contributed by atoms with Crippen molar-refractivity contribution in [2.24, 2.45) is 0 Å². The number of halogens is 1. The molecule has 0 spiro atoms. The molecule has 1 N–H and O–H groups in total. The number of rotatable bonds is 4. The van der Waals surface area contributed by atoms with Crippen LogP contribution in [0, 0.1) is 0 Å². The van der Waals surface area contributed by atoms with Gasteiger partial charge < -0.3 is 5.32 Å². The molecule has 1 aromatic rings. The number of alkyl halides is 1. The van der Waals surface area contributed by atoms with E-state index >= 15 is 0 Å². The first-order valence-corrected chi connectivity index (χ1v) is 6.69. The molecular weight excluding hydrogens is 213 g/mol. The maximum Gasteiger partial charge on any atom is 0.101 e. The van der Waals surface area contributed by atoms with Crippen LogP contribution in [0.15, 0.2) is 24.3 Å². The topological polar surface area (TPSA) is 12.0 Å². The van der Waals surface area contributed by atoms with Crippen molar-refractivity contribution in [1.29, 1.82) is 0 Å². The molecule has 1 nitrogen and oxygen atoms in total. The van der Waals surface area contributed by atoms with Crippen LogP contribution < -0.4 is 5.32 Å². The van der Waals surface area contributed by atoms with Gasteiger partial charge in [-0.1, -0.05) is 30.7 Å². The normalized spacial score (nSPS) is 22.4. The fourth-order valence-corrected chi connectivity index (χ4v) is 2.59. The zero-order valence-electron chi connectivity index (χ0n) is 10.6. The van der Waals surface area contributed by atoms with Crippen molar-refractivity contribution in [3.8, 4) is 0 Å². The Balaban J connectivity index is 1.95. The highest BCUT2D eigenvalue weighted by Crippen LogP contribution is 2.15. The molecule has 2 atom stereocenters. The quantitative estimate of drug-likeness (QED) is 0.844. The van der Waals surface area contributed by atoms with Crippen LogP contribution in [0.1, 0.15) is 37.3 Å². The molecule has 1 fully saturated rings. The van der Waals surface area contributed by atoms with Gasteiger partial charge in [-0.05, 0) is 43.9 Å². The van der Waals surface area contributed by atoms with Gasteiger partial charge in [-0.15, -0.1) is 0 Å². The second-order valence-corrected chi connectivity index (χ2v) is 5.16. The van der Waals surface area contributed by atoms with E-state index in [1.165, 1.54) is 24.8 Å². The predicted octanol–water partition coefficient (Wildman–Crippen LogP) is 3.27. The smallest absolute Gasteiger partial charge is 0.101 e. The second-order valence-electron chi connectivity index (χ2n) is 5.16. The lowest BCUT2D eigenvalue weighted by atomic mass is 9.96. The molecule has 1 aromatic carbocycles. The molecule has 17 heavy (non-hydrogen) atoms. The standard InChI is InChI=1S/C15H22FN/c1-12(16)9-13-5-4-6-14(10-13)11-15-7-2-3-8-17-15/h4-6,10,12,15,17H,2-3,7-9,11H2,1H3. The summed E-state index contributed by atoms with van der Waals surface area (Å²) >= 11 is 0. The molecule has 0 saturated carbocycles. The minimum absolute atomic E-state index is 0.534. The predicted molar refractivity (Wildman–Crippen MR) is 70.1 cm³/mol. The summed E-state index contributed by atoms with van der Waals surface area (Å²) in [5, 5.41) is 3.55. The van der Waals surface area contributed by atoms with Crippen LogP contribution in [0.3, 0.4) is 0 Å². The third-order valence-corrected chi connectivity index (χ3v) is 3.40. The Morgan fingerprint density at radius 1 is 1.35 bits per heavy atom. The monoisotopic (exact) mass is 235 g/mol. The van der Waals surface area contributed by atoms with Crippen molar-refractivity contribution < 1.29 is 4.39 Å². The SMILES string of the molecule is CC(F)Cc1cccc(CC2CCCCN2)c1. The summed E-state index contributed by atoms with van der Waals surface area (Å²) in [6, 6.07) is 9.00. The second kappa shape index (κ2) is 6.15. The number of hydrogen-bond acceptors (Lipinski definition) is 1. The Morgan fingerprint density at radius 3 is 2.88 bits per heavy atom. The van der Waals surface area contributed by atoms with Crippen LogP contribution in [0.4, 0.5) is 4.39 Å². The Bertz CT molecular complexity index is 343. The van der Waals surface area contributed by atoms with Gasteiger partial charge in [0, 0.05) is 12.5 Å². The van der Waals surface area contributed by atoms with Gasteiger partial charge in [-0.2, -0.15) is 0 Å². The van der Waals surface area contributed by atoms with Crippen LogP contribution in [0.25, 0.3) is 0 Å². The zero-order valence-corrected chi connectivity index (χ0v) is 10.6. The minimum Gasteiger partial charge on any atom is -0.314 e. The van der Waals surface area contributed by atoms with Crippen LogP contribution >= 0.6 is 0 Å². The molecular formula is C15H22FN. The van der Waals surface area contributed by atoms with E-state index in [2.05, 4.69) is 23.5 Å². The van der Waals surface area contributed by atoms with E-state index in [4.69, 9.17) is 0 Å². The maximum absolute atomic E-state index is 13.0. The third kappa shape index (κ3) is 4.12.